The van der Waals surface area contributed by atoms with Crippen molar-refractivity contribution < 1.29 is 22.7 Å². The first-order valence-electron chi connectivity index (χ1n) is 11.5. The summed E-state index contributed by atoms with van der Waals surface area (Å²) in [5.74, 6) is 0.688. The zero-order chi connectivity index (χ0) is 25.3. The van der Waals surface area contributed by atoms with Crippen molar-refractivity contribution in [1.82, 2.24) is 14.8 Å². The highest BCUT2D eigenvalue weighted by Gasteiger charge is 2.38. The van der Waals surface area contributed by atoms with Crippen LogP contribution in [0.1, 0.15) is 54.6 Å². The van der Waals surface area contributed by atoms with Gasteiger partial charge in [-0.3, -0.25) is 14.7 Å². The quantitative estimate of drug-likeness (QED) is 0.579. The molecule has 8 heteroatoms. The number of aryl methyl sites for hydroxylation is 1. The summed E-state index contributed by atoms with van der Waals surface area (Å²) in [4.78, 5) is 22.0. The molecule has 0 spiro atoms. The molecule has 1 amide bonds. The molecule has 5 nitrogen and oxygen atoms in total. The topological polar surface area (TPSA) is 45.7 Å². The van der Waals surface area contributed by atoms with Crippen LogP contribution in [-0.2, 0) is 22.9 Å². The number of carbonyl (C=O) groups excluding carboxylic acids is 1. The number of halogens is 3. The standard InChI is InChI=1S/C26H34F3N3O2/c1-17-15-30-22(18(2)23(17)34-6)16-32-12-10-21(11-13-32)31(5)24(33)25(3,4)19-8-7-9-20(14-19)26(27,28)29/h7-9,14-15,21H,10-13,16H2,1-6H3. The van der Waals surface area contributed by atoms with Crippen molar-refractivity contribution in [2.45, 2.75) is 64.7 Å². The van der Waals surface area contributed by atoms with Crippen LogP contribution in [0.15, 0.2) is 30.5 Å². The normalized spacial score (nSPS) is 15.9. The van der Waals surface area contributed by atoms with Gasteiger partial charge in [-0.1, -0.05) is 18.2 Å². The molecule has 1 aromatic carbocycles. The van der Waals surface area contributed by atoms with Crippen LogP contribution in [0.25, 0.3) is 0 Å². The fourth-order valence-corrected chi connectivity index (χ4v) is 4.72. The number of ether oxygens (including phenoxy) is 1. The third kappa shape index (κ3) is 5.37. The van der Waals surface area contributed by atoms with Gasteiger partial charge in [-0.05, 0) is 52.2 Å². The second-order valence-electron chi connectivity index (χ2n) is 9.67. The lowest BCUT2D eigenvalue weighted by atomic mass is 9.82. The van der Waals surface area contributed by atoms with E-state index in [0.717, 1.165) is 60.6 Å². The van der Waals surface area contributed by atoms with Crippen molar-refractivity contribution in [3.8, 4) is 5.75 Å². The van der Waals surface area contributed by atoms with Crippen molar-refractivity contribution in [2.75, 3.05) is 27.2 Å². The predicted octanol–water partition coefficient (Wildman–Crippen LogP) is 5.13. The lowest BCUT2D eigenvalue weighted by Gasteiger charge is -2.40. The Bertz CT molecular complexity index is 1030. The molecule has 0 saturated carbocycles. The molecule has 0 radical (unpaired) electrons. The van der Waals surface area contributed by atoms with E-state index in [4.69, 9.17) is 4.74 Å². The highest BCUT2D eigenvalue weighted by Crippen LogP contribution is 2.34. The van der Waals surface area contributed by atoms with Crippen LogP contribution in [0, 0.1) is 13.8 Å². The summed E-state index contributed by atoms with van der Waals surface area (Å²) in [6.07, 6.45) is -1.02. The van der Waals surface area contributed by atoms with Gasteiger partial charge in [0.15, 0.2) is 0 Å². The van der Waals surface area contributed by atoms with Gasteiger partial charge in [0.05, 0.1) is 23.8 Å². The van der Waals surface area contributed by atoms with Crippen LogP contribution < -0.4 is 4.74 Å². The molecule has 1 aliphatic heterocycles. The van der Waals surface area contributed by atoms with Gasteiger partial charge in [-0.15, -0.1) is 0 Å². The number of alkyl halides is 3. The number of likely N-dealkylation sites (tertiary alicyclic amines) is 1. The SMILES string of the molecule is COc1c(C)cnc(CN2CCC(N(C)C(=O)C(C)(C)c3cccc(C(F)(F)F)c3)CC2)c1C. The molecular weight excluding hydrogens is 443 g/mol. The van der Waals surface area contributed by atoms with Gasteiger partial charge in [-0.25, -0.2) is 0 Å². The fourth-order valence-electron chi connectivity index (χ4n) is 4.72. The number of amides is 1. The maximum Gasteiger partial charge on any atom is 0.416 e. The second kappa shape index (κ2) is 9.94. The van der Waals surface area contributed by atoms with Gasteiger partial charge in [-0.2, -0.15) is 13.2 Å². The van der Waals surface area contributed by atoms with E-state index in [-0.39, 0.29) is 11.9 Å². The van der Waals surface area contributed by atoms with Crippen molar-refractivity contribution in [3.63, 3.8) is 0 Å². The molecule has 186 valence electrons. The Hall–Kier alpha value is -2.61. The molecule has 34 heavy (non-hydrogen) atoms. The zero-order valence-electron chi connectivity index (χ0n) is 20.8. The Labute approximate surface area is 199 Å². The first kappa shape index (κ1) is 26.0. The first-order valence-corrected chi connectivity index (χ1v) is 11.5. The van der Waals surface area contributed by atoms with Crippen LogP contribution in [0.5, 0.6) is 5.75 Å². The van der Waals surface area contributed by atoms with E-state index < -0.39 is 17.2 Å². The van der Waals surface area contributed by atoms with Crippen LogP contribution in [0.2, 0.25) is 0 Å². The smallest absolute Gasteiger partial charge is 0.416 e. The van der Waals surface area contributed by atoms with Gasteiger partial charge in [0.1, 0.15) is 5.75 Å². The fraction of sp³-hybridized carbons (Fsp3) is 0.538. The first-order chi connectivity index (χ1) is 15.9. The summed E-state index contributed by atoms with van der Waals surface area (Å²) >= 11 is 0. The summed E-state index contributed by atoms with van der Waals surface area (Å²) < 4.78 is 45.0. The Morgan fingerprint density at radius 2 is 1.79 bits per heavy atom. The molecule has 0 N–H and O–H groups in total. The molecule has 3 rings (SSSR count). The summed E-state index contributed by atoms with van der Waals surface area (Å²) in [5, 5.41) is 0. The minimum Gasteiger partial charge on any atom is -0.496 e. The lowest BCUT2D eigenvalue weighted by Crippen LogP contribution is -2.50. The van der Waals surface area contributed by atoms with E-state index >= 15 is 0 Å². The number of benzene rings is 1. The highest BCUT2D eigenvalue weighted by molar-refractivity contribution is 5.87. The number of aromatic nitrogens is 1. The van der Waals surface area contributed by atoms with E-state index in [0.29, 0.717) is 12.1 Å². The third-order valence-corrected chi connectivity index (χ3v) is 6.99. The third-order valence-electron chi connectivity index (χ3n) is 6.99. The minimum absolute atomic E-state index is 0.0374. The van der Waals surface area contributed by atoms with Crippen molar-refractivity contribution >= 4 is 5.91 Å². The van der Waals surface area contributed by atoms with E-state index in [1.54, 1.807) is 39.0 Å². The lowest BCUT2D eigenvalue weighted by molar-refractivity contribution is -0.139. The Morgan fingerprint density at radius 1 is 1.18 bits per heavy atom. The second-order valence-corrected chi connectivity index (χ2v) is 9.67. The molecule has 0 aliphatic carbocycles. The van der Waals surface area contributed by atoms with Crippen LogP contribution in [-0.4, -0.2) is 54.0 Å². The Morgan fingerprint density at radius 3 is 2.38 bits per heavy atom. The van der Waals surface area contributed by atoms with Gasteiger partial charge in [0.2, 0.25) is 5.91 Å². The number of pyridine rings is 1. The maximum absolute atomic E-state index is 13.4. The molecule has 0 bridgehead atoms. The Balaban J connectivity index is 1.65. The van der Waals surface area contributed by atoms with Crippen LogP contribution >= 0.6 is 0 Å². The van der Waals surface area contributed by atoms with Crippen LogP contribution in [0.4, 0.5) is 13.2 Å². The summed E-state index contributed by atoms with van der Waals surface area (Å²) in [6.45, 7) is 9.70. The maximum atomic E-state index is 13.4. The summed E-state index contributed by atoms with van der Waals surface area (Å²) in [5.41, 5.74) is 1.60. The number of likely N-dealkylation sites (N-methyl/N-ethyl adjacent to an activating group) is 1. The Kier molecular flexibility index (Phi) is 7.60. The van der Waals surface area contributed by atoms with E-state index in [1.165, 1.54) is 6.07 Å². The van der Waals surface area contributed by atoms with Gasteiger partial charge in [0.25, 0.3) is 0 Å². The van der Waals surface area contributed by atoms with Gasteiger partial charge < -0.3 is 9.64 Å². The van der Waals surface area contributed by atoms with Crippen molar-refractivity contribution in [3.05, 3.63) is 58.4 Å². The predicted molar refractivity (Wildman–Crippen MR) is 126 cm³/mol. The molecule has 1 saturated heterocycles. The number of rotatable bonds is 6. The molecule has 1 aromatic heterocycles. The number of piperidine rings is 1. The molecule has 1 fully saturated rings. The number of hydrogen-bond donors (Lipinski definition) is 0. The minimum atomic E-state index is -4.44. The molecule has 0 unspecified atom stereocenters. The average molecular weight is 478 g/mol. The monoisotopic (exact) mass is 477 g/mol. The van der Waals surface area contributed by atoms with Gasteiger partial charge >= 0.3 is 6.18 Å². The average Bonchev–Trinajstić information content (AvgIpc) is 2.80. The molecule has 1 aliphatic rings. The molecule has 0 atom stereocenters. The van der Waals surface area contributed by atoms with Crippen molar-refractivity contribution in [1.29, 1.82) is 0 Å². The molecule has 2 heterocycles. The van der Waals surface area contributed by atoms with Crippen LogP contribution in [0.3, 0.4) is 0 Å². The van der Waals surface area contributed by atoms with Crippen molar-refractivity contribution in [2.24, 2.45) is 0 Å². The number of nitrogens with zero attached hydrogens (tertiary/aromatic N) is 3. The molecular formula is C26H34F3N3O2. The van der Waals surface area contributed by atoms with E-state index in [2.05, 4.69) is 9.88 Å². The van der Waals surface area contributed by atoms with E-state index in [1.807, 2.05) is 20.0 Å². The summed E-state index contributed by atoms with van der Waals surface area (Å²) in [6, 6.07) is 5.11. The largest absolute Gasteiger partial charge is 0.496 e. The zero-order valence-corrected chi connectivity index (χ0v) is 20.8. The number of carbonyl (C=O) groups is 1. The number of methoxy groups -OCH3 is 1. The number of hydrogen-bond acceptors (Lipinski definition) is 4. The summed E-state index contributed by atoms with van der Waals surface area (Å²) in [7, 11) is 3.42. The van der Waals surface area contributed by atoms with Gasteiger partial charge in [0, 0.05) is 50.0 Å². The highest BCUT2D eigenvalue weighted by atomic mass is 19.4. The molecule has 2 aromatic rings. The van der Waals surface area contributed by atoms with E-state index in [9.17, 15) is 18.0 Å².